The predicted octanol–water partition coefficient (Wildman–Crippen LogP) is 1.91. The predicted molar refractivity (Wildman–Crippen MR) is 104 cm³/mol. The number of anilines is 2. The van der Waals surface area contributed by atoms with Gasteiger partial charge in [-0.3, -0.25) is 5.10 Å². The number of carbonyl (C=O) groups excluding carboxylic acids is 1. The molecule has 2 atom stereocenters. The third-order valence-corrected chi connectivity index (χ3v) is 6.16. The summed E-state index contributed by atoms with van der Waals surface area (Å²) in [5.41, 5.74) is 2.22. The van der Waals surface area contributed by atoms with Crippen LogP contribution < -0.4 is 15.4 Å². The Labute approximate surface area is 168 Å². The molecule has 4 rings (SSSR count). The van der Waals surface area contributed by atoms with Gasteiger partial charge < -0.3 is 20.1 Å². The molecule has 0 saturated carbocycles. The number of aromatic amines is 1. The van der Waals surface area contributed by atoms with Crippen molar-refractivity contribution in [1.82, 2.24) is 20.2 Å². The zero-order valence-electron chi connectivity index (χ0n) is 16.1. The molecule has 0 radical (unpaired) electrons. The minimum absolute atomic E-state index is 0.0111. The van der Waals surface area contributed by atoms with E-state index in [1.54, 1.807) is 18.2 Å². The molecule has 1 aromatic carbocycles. The maximum Gasteiger partial charge on any atom is 0.407 e. The molecule has 2 aromatic rings. The van der Waals surface area contributed by atoms with Crippen molar-refractivity contribution in [1.29, 1.82) is 0 Å². The molecule has 0 aliphatic carbocycles. The van der Waals surface area contributed by atoms with Crippen LogP contribution in [-0.4, -0.2) is 43.5 Å². The molecule has 1 aromatic heterocycles. The number of aromatic nitrogens is 2. The van der Waals surface area contributed by atoms with E-state index in [0.29, 0.717) is 29.3 Å². The fourth-order valence-corrected chi connectivity index (χ4v) is 4.56. The summed E-state index contributed by atoms with van der Waals surface area (Å²) in [7, 11) is -3.38. The number of rotatable bonds is 5. The molecular weight excluding hydrogens is 398 g/mol. The second kappa shape index (κ2) is 7.65. The Morgan fingerprint density at radius 2 is 2.17 bits per heavy atom. The van der Waals surface area contributed by atoms with Gasteiger partial charge in [0, 0.05) is 30.8 Å². The lowest BCUT2D eigenvalue weighted by Crippen LogP contribution is -2.33. The van der Waals surface area contributed by atoms with Gasteiger partial charge in [0.2, 0.25) is 10.0 Å². The first-order valence-electron chi connectivity index (χ1n) is 9.34. The summed E-state index contributed by atoms with van der Waals surface area (Å²) in [6.45, 7) is 4.33. The molecule has 11 heteroatoms. The van der Waals surface area contributed by atoms with Crippen molar-refractivity contribution in [2.45, 2.75) is 50.0 Å². The first-order valence-corrected chi connectivity index (χ1v) is 10.8. The molecule has 0 spiro atoms. The lowest BCUT2D eigenvalue weighted by molar-refractivity contribution is 0.0682. The molecule has 1 saturated heterocycles. The second-order valence-corrected chi connectivity index (χ2v) is 9.10. The number of fused-ring (bicyclic) bond motifs is 1. The minimum Gasteiger partial charge on any atom is -0.444 e. The van der Waals surface area contributed by atoms with E-state index in [-0.39, 0.29) is 24.8 Å². The molecule has 1 amide bonds. The summed E-state index contributed by atoms with van der Waals surface area (Å²) in [6.07, 6.45) is -0.474. The van der Waals surface area contributed by atoms with Gasteiger partial charge in [0.25, 0.3) is 0 Å². The van der Waals surface area contributed by atoms with Crippen molar-refractivity contribution in [3.05, 3.63) is 35.5 Å². The van der Waals surface area contributed by atoms with E-state index < -0.39 is 16.1 Å². The van der Waals surface area contributed by atoms with E-state index in [2.05, 4.69) is 25.6 Å². The number of amides is 1. The maximum absolute atomic E-state index is 11.8. The fraction of sp³-hybridized carbons (Fsp3) is 0.444. The van der Waals surface area contributed by atoms with E-state index in [9.17, 15) is 13.2 Å². The average molecular weight is 421 g/mol. The minimum atomic E-state index is -3.38. The Morgan fingerprint density at radius 1 is 1.34 bits per heavy atom. The summed E-state index contributed by atoms with van der Waals surface area (Å²) in [5, 5.41) is 13.0. The van der Waals surface area contributed by atoms with Crippen molar-refractivity contribution in [2.75, 3.05) is 11.9 Å². The Hall–Kier alpha value is -2.63. The van der Waals surface area contributed by atoms with Crippen LogP contribution in [0.2, 0.25) is 0 Å². The van der Waals surface area contributed by atoms with Gasteiger partial charge in [-0.2, -0.15) is 5.10 Å². The fourth-order valence-electron chi connectivity index (χ4n) is 3.34. The molecule has 10 nitrogen and oxygen atoms in total. The highest BCUT2D eigenvalue weighted by atomic mass is 32.2. The molecule has 4 N–H and O–H groups in total. The quantitative estimate of drug-likeness (QED) is 0.579. The zero-order valence-corrected chi connectivity index (χ0v) is 16.9. The van der Waals surface area contributed by atoms with Gasteiger partial charge in [0.1, 0.15) is 12.2 Å². The van der Waals surface area contributed by atoms with Crippen LogP contribution in [0.1, 0.15) is 37.6 Å². The molecule has 2 aliphatic rings. The summed E-state index contributed by atoms with van der Waals surface area (Å²) in [6, 6.07) is 6.89. The first kappa shape index (κ1) is 19.7. The lowest BCUT2D eigenvalue weighted by atomic mass is 10.1. The van der Waals surface area contributed by atoms with Crippen molar-refractivity contribution in [3.8, 4) is 0 Å². The molecule has 0 bridgehead atoms. The number of hydrogen-bond acceptors (Lipinski definition) is 7. The highest BCUT2D eigenvalue weighted by molar-refractivity contribution is 7.89. The highest BCUT2D eigenvalue weighted by Crippen LogP contribution is 2.31. The molecule has 1 fully saturated rings. The number of benzene rings is 1. The van der Waals surface area contributed by atoms with E-state index in [1.807, 2.05) is 19.9 Å². The number of hydrogen-bond donors (Lipinski definition) is 4. The van der Waals surface area contributed by atoms with Gasteiger partial charge in [-0.05, 0) is 37.6 Å². The Balaban J connectivity index is 1.37. The van der Waals surface area contributed by atoms with Crippen LogP contribution in [0.5, 0.6) is 0 Å². The molecule has 2 aliphatic heterocycles. The van der Waals surface area contributed by atoms with Gasteiger partial charge in [0.05, 0.1) is 17.2 Å². The number of alkyl carbamates (subject to hydrolysis) is 1. The molecule has 3 heterocycles. The summed E-state index contributed by atoms with van der Waals surface area (Å²) in [5.74, 6) is 0.583. The average Bonchev–Trinajstić information content (AvgIpc) is 3.34. The first-order chi connectivity index (χ1) is 13.8. The normalized spacial score (nSPS) is 22.4. The number of H-pyrrole nitrogens is 1. The van der Waals surface area contributed by atoms with Gasteiger partial charge in [-0.25, -0.2) is 17.9 Å². The van der Waals surface area contributed by atoms with Crippen molar-refractivity contribution < 1.29 is 22.7 Å². The van der Waals surface area contributed by atoms with Crippen LogP contribution in [-0.2, 0) is 26.0 Å². The van der Waals surface area contributed by atoms with Crippen LogP contribution in [0.25, 0.3) is 0 Å². The van der Waals surface area contributed by atoms with Gasteiger partial charge in [-0.15, -0.1) is 0 Å². The molecule has 29 heavy (non-hydrogen) atoms. The monoisotopic (exact) mass is 421 g/mol. The van der Waals surface area contributed by atoms with Crippen LogP contribution in [0, 0.1) is 0 Å². The van der Waals surface area contributed by atoms with Crippen molar-refractivity contribution in [2.24, 2.45) is 0 Å². The van der Waals surface area contributed by atoms with E-state index in [1.165, 1.54) is 0 Å². The highest BCUT2D eigenvalue weighted by Gasteiger charge is 2.31. The third-order valence-electron chi connectivity index (χ3n) is 4.66. The van der Waals surface area contributed by atoms with Crippen LogP contribution in [0.3, 0.4) is 0 Å². The van der Waals surface area contributed by atoms with Crippen LogP contribution in [0.4, 0.5) is 16.3 Å². The molecule has 0 unspecified atom stereocenters. The Kier molecular flexibility index (Phi) is 5.19. The van der Waals surface area contributed by atoms with Crippen LogP contribution in [0.15, 0.2) is 29.2 Å². The van der Waals surface area contributed by atoms with E-state index in [0.717, 1.165) is 11.4 Å². The van der Waals surface area contributed by atoms with E-state index >= 15 is 0 Å². The Bertz CT molecular complexity index is 1020. The Morgan fingerprint density at radius 3 is 2.97 bits per heavy atom. The largest absolute Gasteiger partial charge is 0.444 e. The lowest BCUT2D eigenvalue weighted by Gasteiger charge is -2.13. The molecular formula is C18H23N5O5S. The van der Waals surface area contributed by atoms with Crippen molar-refractivity contribution in [3.63, 3.8) is 0 Å². The van der Waals surface area contributed by atoms with Gasteiger partial charge >= 0.3 is 6.09 Å². The summed E-state index contributed by atoms with van der Waals surface area (Å²) < 4.78 is 37.2. The number of nitrogens with zero attached hydrogens (tertiary/aromatic N) is 1. The van der Waals surface area contributed by atoms with Gasteiger partial charge in [0.15, 0.2) is 5.82 Å². The summed E-state index contributed by atoms with van der Waals surface area (Å²) >= 11 is 0. The summed E-state index contributed by atoms with van der Waals surface area (Å²) in [4.78, 5) is 12.0. The topological polar surface area (TPSA) is 134 Å². The number of ether oxygens (including phenoxy) is 2. The zero-order chi connectivity index (χ0) is 20.6. The SMILES string of the molecule is CC(C)NC(=O)O[C@H]1CO[C@H](c2cc(Nc3ccc4c(c3)CNS4(=O)=O)n[nH]2)C1. The van der Waals surface area contributed by atoms with Crippen LogP contribution >= 0.6 is 0 Å². The van der Waals surface area contributed by atoms with Crippen molar-refractivity contribution >= 4 is 27.6 Å². The smallest absolute Gasteiger partial charge is 0.407 e. The number of nitrogens with one attached hydrogen (secondary N) is 4. The van der Waals surface area contributed by atoms with E-state index in [4.69, 9.17) is 9.47 Å². The maximum atomic E-state index is 11.8. The molecule has 156 valence electrons. The number of carbonyl (C=O) groups is 1. The standard InChI is InChI=1S/C18H23N5O5S/c1-10(2)20-18(24)28-13-6-15(27-9-13)14-7-17(23-22-14)21-12-3-4-16-11(5-12)8-19-29(16,25)26/h3-5,7,10,13,15,19H,6,8-9H2,1-2H3,(H,20,24)(H2,21,22,23)/t13-,15+/m1/s1. The third kappa shape index (κ3) is 4.36. The number of sulfonamides is 1. The van der Waals surface area contributed by atoms with Gasteiger partial charge in [-0.1, -0.05) is 0 Å². The second-order valence-electron chi connectivity index (χ2n) is 7.36.